The van der Waals surface area contributed by atoms with Crippen LogP contribution in [0.15, 0.2) is 6.07 Å². The van der Waals surface area contributed by atoms with Gasteiger partial charge in [-0.05, 0) is 20.3 Å². The maximum absolute atomic E-state index is 5.42. The highest BCUT2D eigenvalue weighted by atomic mass is 16.5. The molecule has 0 radical (unpaired) electrons. The van der Waals surface area contributed by atoms with Crippen molar-refractivity contribution in [1.82, 2.24) is 9.97 Å². The third-order valence-corrected chi connectivity index (χ3v) is 2.92. The zero-order valence-electron chi connectivity index (χ0n) is 13.7. The molecule has 0 aliphatic rings. The average molecular weight is 296 g/mol. The Bertz CT molecular complexity index is 375. The van der Waals surface area contributed by atoms with Crippen molar-refractivity contribution in [2.45, 2.75) is 33.8 Å². The number of rotatable bonds is 11. The molecule has 0 atom stereocenters. The van der Waals surface area contributed by atoms with Crippen molar-refractivity contribution in [3.8, 4) is 0 Å². The van der Waals surface area contributed by atoms with Gasteiger partial charge in [-0.2, -0.15) is 0 Å². The van der Waals surface area contributed by atoms with E-state index in [1.54, 1.807) is 0 Å². The number of nitrogens with zero attached hydrogens (tertiary/aromatic N) is 3. The van der Waals surface area contributed by atoms with Gasteiger partial charge < -0.3 is 19.7 Å². The molecule has 0 unspecified atom stereocenters. The molecule has 6 heteroatoms. The molecule has 21 heavy (non-hydrogen) atoms. The zero-order valence-corrected chi connectivity index (χ0v) is 13.7. The minimum atomic E-state index is 0.435. The molecule has 0 aromatic carbocycles. The lowest BCUT2D eigenvalue weighted by molar-refractivity contribution is 0.128. The first kappa shape index (κ1) is 17.7. The van der Waals surface area contributed by atoms with E-state index in [0.717, 1.165) is 37.8 Å². The Kier molecular flexibility index (Phi) is 8.69. The van der Waals surface area contributed by atoms with Gasteiger partial charge in [0.05, 0.1) is 6.61 Å². The third kappa shape index (κ3) is 6.73. The van der Waals surface area contributed by atoms with E-state index in [1.807, 2.05) is 27.0 Å². The van der Waals surface area contributed by atoms with Gasteiger partial charge in [-0.3, -0.25) is 0 Å². The first-order valence-electron chi connectivity index (χ1n) is 7.69. The van der Waals surface area contributed by atoms with E-state index in [-0.39, 0.29) is 0 Å². The smallest absolute Gasteiger partial charge is 0.158 e. The lowest BCUT2D eigenvalue weighted by Crippen LogP contribution is -2.24. The monoisotopic (exact) mass is 296 g/mol. The molecule has 1 rings (SSSR count). The highest BCUT2D eigenvalue weighted by Gasteiger charge is 2.08. The van der Waals surface area contributed by atoms with Gasteiger partial charge in [0.1, 0.15) is 18.2 Å². The minimum Gasteiger partial charge on any atom is -0.380 e. The van der Waals surface area contributed by atoms with Crippen LogP contribution in [0.25, 0.3) is 0 Å². The van der Waals surface area contributed by atoms with Crippen molar-refractivity contribution < 1.29 is 9.47 Å². The summed E-state index contributed by atoms with van der Waals surface area (Å²) in [5, 5.41) is 3.31. The van der Waals surface area contributed by atoms with Gasteiger partial charge in [0.25, 0.3) is 0 Å². The first-order chi connectivity index (χ1) is 10.2. The maximum atomic E-state index is 5.42. The summed E-state index contributed by atoms with van der Waals surface area (Å²) in [5.74, 6) is 2.44. The van der Waals surface area contributed by atoms with Crippen molar-refractivity contribution in [1.29, 1.82) is 0 Å². The van der Waals surface area contributed by atoms with E-state index < -0.39 is 0 Å². The predicted molar refractivity (Wildman–Crippen MR) is 85.9 cm³/mol. The third-order valence-electron chi connectivity index (χ3n) is 2.92. The maximum Gasteiger partial charge on any atom is 0.158 e. The molecular formula is C15H28N4O2. The van der Waals surface area contributed by atoms with Crippen molar-refractivity contribution in [3.63, 3.8) is 0 Å². The largest absolute Gasteiger partial charge is 0.380 e. The van der Waals surface area contributed by atoms with Gasteiger partial charge >= 0.3 is 0 Å². The Balaban J connectivity index is 2.78. The van der Waals surface area contributed by atoms with Gasteiger partial charge in [0.15, 0.2) is 5.82 Å². The number of hydrogen-bond acceptors (Lipinski definition) is 6. The van der Waals surface area contributed by atoms with Crippen LogP contribution in [0.4, 0.5) is 11.6 Å². The quantitative estimate of drug-likeness (QED) is 0.632. The van der Waals surface area contributed by atoms with E-state index in [2.05, 4.69) is 27.1 Å². The van der Waals surface area contributed by atoms with Gasteiger partial charge in [-0.25, -0.2) is 9.97 Å². The van der Waals surface area contributed by atoms with Crippen LogP contribution in [0.3, 0.4) is 0 Å². The standard InChI is InChI=1S/C15H28N4O2/c1-5-8-16-13-11-15(19(4)9-10-20-6-2)18-14(17-13)12-21-7-3/h11H,5-10,12H2,1-4H3,(H,16,17,18). The molecule has 0 fully saturated rings. The summed E-state index contributed by atoms with van der Waals surface area (Å²) in [4.78, 5) is 11.1. The van der Waals surface area contributed by atoms with Crippen LogP contribution >= 0.6 is 0 Å². The molecule has 0 amide bonds. The molecule has 1 aromatic heterocycles. The minimum absolute atomic E-state index is 0.435. The number of hydrogen-bond donors (Lipinski definition) is 1. The molecular weight excluding hydrogens is 268 g/mol. The van der Waals surface area contributed by atoms with Gasteiger partial charge in [-0.15, -0.1) is 0 Å². The predicted octanol–water partition coefficient (Wildman–Crippen LogP) is 2.31. The van der Waals surface area contributed by atoms with Crippen molar-refractivity contribution in [2.24, 2.45) is 0 Å². The number of anilines is 2. The topological polar surface area (TPSA) is 59.5 Å². The summed E-state index contributed by atoms with van der Waals surface area (Å²) in [7, 11) is 2.01. The molecule has 0 spiro atoms. The molecule has 120 valence electrons. The molecule has 1 aromatic rings. The Morgan fingerprint density at radius 1 is 1.14 bits per heavy atom. The van der Waals surface area contributed by atoms with E-state index in [0.29, 0.717) is 25.6 Å². The fourth-order valence-corrected chi connectivity index (χ4v) is 1.74. The lowest BCUT2D eigenvalue weighted by atomic mass is 10.4. The Labute approximate surface area is 127 Å². The van der Waals surface area contributed by atoms with E-state index in [1.165, 1.54) is 0 Å². The van der Waals surface area contributed by atoms with Gasteiger partial charge in [0.2, 0.25) is 0 Å². The van der Waals surface area contributed by atoms with Gasteiger partial charge in [0, 0.05) is 39.4 Å². The summed E-state index contributed by atoms with van der Waals surface area (Å²) in [6.07, 6.45) is 1.06. The second-order valence-electron chi connectivity index (χ2n) is 4.71. The molecule has 1 N–H and O–H groups in total. The fourth-order valence-electron chi connectivity index (χ4n) is 1.74. The molecule has 6 nitrogen and oxygen atoms in total. The molecule has 1 heterocycles. The van der Waals surface area contributed by atoms with Crippen LogP contribution in [-0.4, -0.2) is 49.9 Å². The number of aromatic nitrogens is 2. The number of ether oxygens (including phenoxy) is 2. The van der Waals surface area contributed by atoms with E-state index in [4.69, 9.17) is 9.47 Å². The van der Waals surface area contributed by atoms with Crippen molar-refractivity contribution in [2.75, 3.05) is 50.2 Å². The van der Waals surface area contributed by atoms with Crippen LogP contribution < -0.4 is 10.2 Å². The van der Waals surface area contributed by atoms with E-state index >= 15 is 0 Å². The number of likely N-dealkylation sites (N-methyl/N-ethyl adjacent to an activating group) is 1. The van der Waals surface area contributed by atoms with Crippen LogP contribution in [0.1, 0.15) is 33.0 Å². The second kappa shape index (κ2) is 10.3. The normalized spacial score (nSPS) is 10.7. The summed E-state index contributed by atoms with van der Waals surface area (Å²) in [6, 6.07) is 1.97. The van der Waals surface area contributed by atoms with Crippen LogP contribution in [-0.2, 0) is 16.1 Å². The van der Waals surface area contributed by atoms with Crippen molar-refractivity contribution in [3.05, 3.63) is 11.9 Å². The Morgan fingerprint density at radius 2 is 1.90 bits per heavy atom. The van der Waals surface area contributed by atoms with Crippen molar-refractivity contribution >= 4 is 11.6 Å². The highest BCUT2D eigenvalue weighted by Crippen LogP contribution is 2.15. The molecule has 0 saturated carbocycles. The van der Waals surface area contributed by atoms with Crippen LogP contribution in [0.2, 0.25) is 0 Å². The van der Waals surface area contributed by atoms with Gasteiger partial charge in [-0.1, -0.05) is 6.92 Å². The molecule has 0 aliphatic carbocycles. The average Bonchev–Trinajstić information content (AvgIpc) is 2.50. The second-order valence-corrected chi connectivity index (χ2v) is 4.71. The SMILES string of the molecule is CCCNc1cc(N(C)CCOCC)nc(COCC)n1. The summed E-state index contributed by atoms with van der Waals surface area (Å²) < 4.78 is 10.8. The zero-order chi connectivity index (χ0) is 15.5. The van der Waals surface area contributed by atoms with E-state index in [9.17, 15) is 0 Å². The Morgan fingerprint density at radius 3 is 2.57 bits per heavy atom. The summed E-state index contributed by atoms with van der Waals surface area (Å²) in [5.41, 5.74) is 0. The lowest BCUT2D eigenvalue weighted by Gasteiger charge is -2.19. The highest BCUT2D eigenvalue weighted by molar-refractivity contribution is 5.49. The van der Waals surface area contributed by atoms with Crippen LogP contribution in [0.5, 0.6) is 0 Å². The Hall–Kier alpha value is -1.40. The molecule has 0 bridgehead atoms. The molecule has 0 aliphatic heterocycles. The fraction of sp³-hybridized carbons (Fsp3) is 0.733. The summed E-state index contributed by atoms with van der Waals surface area (Å²) in [6.45, 7) is 10.3. The number of nitrogens with one attached hydrogen (secondary N) is 1. The summed E-state index contributed by atoms with van der Waals surface area (Å²) >= 11 is 0. The van der Waals surface area contributed by atoms with Crippen LogP contribution in [0, 0.1) is 0 Å². The first-order valence-corrected chi connectivity index (χ1v) is 7.69. The molecule has 0 saturated heterocycles.